The second-order valence-electron chi connectivity index (χ2n) is 2.13. The fourth-order valence-corrected chi connectivity index (χ4v) is 0.834. The first kappa shape index (κ1) is 11.7. The lowest BCUT2D eigenvalue weighted by atomic mass is 10.2. The van der Waals surface area contributed by atoms with Crippen LogP contribution in [0.25, 0.3) is 0 Å². The summed E-state index contributed by atoms with van der Waals surface area (Å²) < 4.78 is 17.6. The van der Waals surface area contributed by atoms with Gasteiger partial charge in [-0.2, -0.15) is 0 Å². The third-order valence-electron chi connectivity index (χ3n) is 1.41. The lowest BCUT2D eigenvalue weighted by Crippen LogP contribution is -2.01. The molecule has 3 nitrogen and oxygen atoms in total. The molecule has 5 heteroatoms. The molecule has 0 aliphatic rings. The van der Waals surface area contributed by atoms with Gasteiger partial charge < -0.3 is 9.84 Å². The Morgan fingerprint density at radius 2 is 2.15 bits per heavy atom. The molecule has 72 valence electrons. The maximum Gasteiger partial charge on any atom is 0.338 e. The molecule has 13 heavy (non-hydrogen) atoms. The largest absolute Gasteiger partial charge is 0.494 e. The molecule has 0 fully saturated rings. The zero-order chi connectivity index (χ0) is 9.14. The Balaban J connectivity index is 0.00000144. The van der Waals surface area contributed by atoms with Gasteiger partial charge in [-0.15, -0.1) is 12.4 Å². The monoisotopic (exact) mass is 206 g/mol. The van der Waals surface area contributed by atoms with Crippen LogP contribution in [0.4, 0.5) is 4.39 Å². The molecule has 0 unspecified atom stereocenters. The molecule has 0 spiro atoms. The van der Waals surface area contributed by atoms with E-state index in [1.807, 2.05) is 0 Å². The number of ether oxygens (including phenoxy) is 1. The number of halogens is 2. The Morgan fingerprint density at radius 1 is 1.54 bits per heavy atom. The van der Waals surface area contributed by atoms with E-state index in [0.29, 0.717) is 0 Å². The van der Waals surface area contributed by atoms with Gasteiger partial charge in [0, 0.05) is 0 Å². The molecular formula is C8H8ClFO3. The second kappa shape index (κ2) is 4.67. The Morgan fingerprint density at radius 3 is 2.62 bits per heavy atom. The van der Waals surface area contributed by atoms with Gasteiger partial charge in [-0.3, -0.25) is 0 Å². The van der Waals surface area contributed by atoms with Crippen LogP contribution >= 0.6 is 12.4 Å². The van der Waals surface area contributed by atoms with E-state index in [-0.39, 0.29) is 23.7 Å². The van der Waals surface area contributed by atoms with Crippen molar-refractivity contribution in [3.63, 3.8) is 0 Å². The van der Waals surface area contributed by atoms with Gasteiger partial charge in [-0.05, 0) is 12.1 Å². The molecule has 0 atom stereocenters. The molecule has 0 heterocycles. The molecule has 0 aliphatic heterocycles. The van der Waals surface area contributed by atoms with Crippen molar-refractivity contribution in [3.05, 3.63) is 29.6 Å². The second-order valence-corrected chi connectivity index (χ2v) is 2.13. The van der Waals surface area contributed by atoms with Crippen molar-refractivity contribution in [2.24, 2.45) is 0 Å². The third-order valence-corrected chi connectivity index (χ3v) is 1.41. The van der Waals surface area contributed by atoms with Crippen LogP contribution in [0.3, 0.4) is 0 Å². The topological polar surface area (TPSA) is 46.5 Å². The number of aromatic carboxylic acids is 1. The van der Waals surface area contributed by atoms with E-state index in [0.717, 1.165) is 0 Å². The van der Waals surface area contributed by atoms with E-state index < -0.39 is 11.8 Å². The van der Waals surface area contributed by atoms with Crippen LogP contribution in [0, 0.1) is 5.82 Å². The number of rotatable bonds is 2. The first-order valence-electron chi connectivity index (χ1n) is 3.22. The highest BCUT2D eigenvalue weighted by molar-refractivity contribution is 5.88. The van der Waals surface area contributed by atoms with Gasteiger partial charge in [0.05, 0.1) is 12.7 Å². The van der Waals surface area contributed by atoms with Gasteiger partial charge in [0.2, 0.25) is 0 Å². The number of carboxylic acid groups (broad SMARTS) is 1. The minimum atomic E-state index is -1.30. The minimum Gasteiger partial charge on any atom is -0.494 e. The highest BCUT2D eigenvalue weighted by Crippen LogP contribution is 2.19. The first-order chi connectivity index (χ1) is 5.66. The molecule has 0 bridgehead atoms. The van der Waals surface area contributed by atoms with Crippen molar-refractivity contribution in [3.8, 4) is 5.75 Å². The molecule has 0 amide bonds. The van der Waals surface area contributed by atoms with Crippen molar-refractivity contribution < 1.29 is 19.0 Å². The standard InChI is InChI=1S/C8H7FO3.ClH/c1-12-6-4-2-3-5(7(6)9)8(10)11;/h2-4H,1H3,(H,10,11);1H. The van der Waals surface area contributed by atoms with Crippen LogP contribution in [-0.2, 0) is 0 Å². The molecule has 1 aromatic carbocycles. The van der Waals surface area contributed by atoms with Crippen molar-refractivity contribution in [1.29, 1.82) is 0 Å². The van der Waals surface area contributed by atoms with Crippen LogP contribution in [0.15, 0.2) is 18.2 Å². The molecular weight excluding hydrogens is 199 g/mol. The van der Waals surface area contributed by atoms with Gasteiger partial charge >= 0.3 is 5.97 Å². The fourth-order valence-electron chi connectivity index (χ4n) is 0.834. The summed E-state index contributed by atoms with van der Waals surface area (Å²) in [6.07, 6.45) is 0. The number of benzene rings is 1. The van der Waals surface area contributed by atoms with Crippen molar-refractivity contribution >= 4 is 18.4 Å². The van der Waals surface area contributed by atoms with Gasteiger partial charge in [0.1, 0.15) is 0 Å². The number of carboxylic acids is 1. The van der Waals surface area contributed by atoms with Crippen LogP contribution in [0.2, 0.25) is 0 Å². The Kier molecular flexibility index (Phi) is 4.20. The van der Waals surface area contributed by atoms with E-state index in [1.165, 1.54) is 25.3 Å². The summed E-state index contributed by atoms with van der Waals surface area (Å²) in [4.78, 5) is 10.4. The van der Waals surface area contributed by atoms with Gasteiger partial charge in [0.15, 0.2) is 11.6 Å². The highest BCUT2D eigenvalue weighted by Gasteiger charge is 2.13. The van der Waals surface area contributed by atoms with Gasteiger partial charge in [0.25, 0.3) is 0 Å². The summed E-state index contributed by atoms with van der Waals surface area (Å²) in [5.74, 6) is -2.20. The Bertz CT molecular complexity index is 314. The van der Waals surface area contributed by atoms with E-state index in [1.54, 1.807) is 0 Å². The van der Waals surface area contributed by atoms with Crippen LogP contribution in [-0.4, -0.2) is 18.2 Å². The predicted molar refractivity (Wildman–Crippen MR) is 47.2 cm³/mol. The van der Waals surface area contributed by atoms with Crippen LogP contribution < -0.4 is 4.74 Å². The normalized spacial score (nSPS) is 8.77. The molecule has 1 N–H and O–H groups in total. The number of methoxy groups -OCH3 is 1. The zero-order valence-electron chi connectivity index (χ0n) is 6.78. The average Bonchev–Trinajstić information content (AvgIpc) is 2.04. The molecule has 0 aliphatic carbocycles. The van der Waals surface area contributed by atoms with Crippen molar-refractivity contribution in [1.82, 2.24) is 0 Å². The summed E-state index contributed by atoms with van der Waals surface area (Å²) in [6, 6.07) is 3.97. The lowest BCUT2D eigenvalue weighted by Gasteiger charge is -2.02. The van der Waals surface area contributed by atoms with Crippen LogP contribution in [0.1, 0.15) is 10.4 Å². The van der Waals surface area contributed by atoms with Gasteiger partial charge in [-0.25, -0.2) is 9.18 Å². The van der Waals surface area contributed by atoms with E-state index in [2.05, 4.69) is 4.74 Å². The van der Waals surface area contributed by atoms with E-state index >= 15 is 0 Å². The maximum atomic E-state index is 13.0. The fraction of sp³-hybridized carbons (Fsp3) is 0.125. The average molecular weight is 207 g/mol. The summed E-state index contributed by atoms with van der Waals surface area (Å²) in [7, 11) is 1.28. The lowest BCUT2D eigenvalue weighted by molar-refractivity contribution is 0.0691. The SMILES string of the molecule is COc1cccc(C(=O)O)c1F.Cl. The zero-order valence-corrected chi connectivity index (χ0v) is 7.60. The Hall–Kier alpha value is -1.29. The summed E-state index contributed by atoms with van der Waals surface area (Å²) in [5.41, 5.74) is -0.380. The van der Waals surface area contributed by atoms with Crippen molar-refractivity contribution in [2.45, 2.75) is 0 Å². The smallest absolute Gasteiger partial charge is 0.338 e. The van der Waals surface area contributed by atoms with Crippen LogP contribution in [0.5, 0.6) is 5.75 Å². The molecule has 0 saturated heterocycles. The molecule has 0 aromatic heterocycles. The third kappa shape index (κ3) is 2.32. The first-order valence-corrected chi connectivity index (χ1v) is 3.22. The molecule has 1 aromatic rings. The van der Waals surface area contributed by atoms with Gasteiger partial charge in [-0.1, -0.05) is 6.07 Å². The number of carbonyl (C=O) groups is 1. The number of hydrogen-bond donors (Lipinski definition) is 1. The summed E-state index contributed by atoms with van der Waals surface area (Å²) in [6.45, 7) is 0. The Labute approximate surface area is 80.5 Å². The quantitative estimate of drug-likeness (QED) is 0.805. The van der Waals surface area contributed by atoms with Crippen molar-refractivity contribution in [2.75, 3.05) is 7.11 Å². The highest BCUT2D eigenvalue weighted by atomic mass is 35.5. The summed E-state index contributed by atoms with van der Waals surface area (Å²) >= 11 is 0. The predicted octanol–water partition coefficient (Wildman–Crippen LogP) is 1.95. The maximum absolute atomic E-state index is 13.0. The van der Waals surface area contributed by atoms with E-state index in [9.17, 15) is 9.18 Å². The number of hydrogen-bond acceptors (Lipinski definition) is 2. The summed E-state index contributed by atoms with van der Waals surface area (Å²) in [5, 5.41) is 8.49. The molecule has 1 rings (SSSR count). The molecule has 0 radical (unpaired) electrons. The van der Waals surface area contributed by atoms with E-state index in [4.69, 9.17) is 5.11 Å². The minimum absolute atomic E-state index is 0. The molecule has 0 saturated carbocycles.